The molecule has 0 fully saturated rings. The van der Waals surface area contributed by atoms with Crippen molar-refractivity contribution < 1.29 is 0 Å². The second-order valence-electron chi connectivity index (χ2n) is 4.01. The minimum absolute atomic E-state index is 0.610. The van der Waals surface area contributed by atoms with E-state index < -0.39 is 0 Å². The van der Waals surface area contributed by atoms with Gasteiger partial charge in [-0.3, -0.25) is 0 Å². The first-order chi connectivity index (χ1) is 8.19. The van der Waals surface area contributed by atoms with Gasteiger partial charge in [-0.2, -0.15) is 0 Å². The molecular weight excluding hydrogens is 234 g/mol. The van der Waals surface area contributed by atoms with Gasteiger partial charge in [-0.25, -0.2) is 0 Å². The quantitative estimate of drug-likeness (QED) is 0.581. The van der Waals surface area contributed by atoms with Gasteiger partial charge in [0.2, 0.25) is 0 Å². The molecule has 1 aromatic rings. The molecule has 0 radical (unpaired) electrons. The number of hydrogen-bond acceptors (Lipinski definition) is 3. The molecule has 0 aliphatic rings. The molecule has 0 bridgehead atoms. The van der Waals surface area contributed by atoms with Gasteiger partial charge in [0.25, 0.3) is 0 Å². The van der Waals surface area contributed by atoms with Crippen LogP contribution in [0.4, 0.5) is 11.4 Å². The smallest absolute Gasteiger partial charge is 0.0739 e. The minimum Gasteiger partial charge on any atom is -0.396 e. The standard InChI is InChI=1S/C13H22ClN3/c1-3-17(4-2)10-6-9-16-12-8-5-7-11(14)13(12)15/h5,7-8,16H,3-4,6,9-10,15H2,1-2H3. The first-order valence-corrected chi connectivity index (χ1v) is 6.57. The minimum atomic E-state index is 0.610. The summed E-state index contributed by atoms with van der Waals surface area (Å²) in [4.78, 5) is 2.41. The largest absolute Gasteiger partial charge is 0.396 e. The fourth-order valence-electron chi connectivity index (χ4n) is 1.76. The van der Waals surface area contributed by atoms with E-state index in [4.69, 9.17) is 17.3 Å². The van der Waals surface area contributed by atoms with Crippen LogP contribution in [0.3, 0.4) is 0 Å². The van der Waals surface area contributed by atoms with Gasteiger partial charge >= 0.3 is 0 Å². The Morgan fingerprint density at radius 1 is 1.29 bits per heavy atom. The Labute approximate surface area is 109 Å². The molecule has 1 rings (SSSR count). The van der Waals surface area contributed by atoms with Crippen molar-refractivity contribution in [2.75, 3.05) is 37.2 Å². The van der Waals surface area contributed by atoms with Crippen molar-refractivity contribution >= 4 is 23.0 Å². The van der Waals surface area contributed by atoms with Crippen molar-refractivity contribution in [1.29, 1.82) is 0 Å². The Kier molecular flexibility index (Phi) is 6.16. The summed E-state index contributed by atoms with van der Waals surface area (Å²) in [5.74, 6) is 0. The van der Waals surface area contributed by atoms with E-state index in [9.17, 15) is 0 Å². The van der Waals surface area contributed by atoms with Crippen molar-refractivity contribution in [1.82, 2.24) is 4.90 Å². The van der Waals surface area contributed by atoms with Gasteiger partial charge < -0.3 is 16.0 Å². The third-order valence-corrected chi connectivity index (χ3v) is 3.24. The number of rotatable bonds is 7. The number of nitrogens with one attached hydrogen (secondary N) is 1. The fourth-order valence-corrected chi connectivity index (χ4v) is 1.93. The molecule has 0 amide bonds. The molecule has 0 aliphatic heterocycles. The summed E-state index contributed by atoms with van der Waals surface area (Å²) in [6.45, 7) is 8.62. The van der Waals surface area contributed by atoms with E-state index in [1.165, 1.54) is 0 Å². The van der Waals surface area contributed by atoms with Gasteiger partial charge in [-0.15, -0.1) is 0 Å². The van der Waals surface area contributed by atoms with Gasteiger partial charge in [0.15, 0.2) is 0 Å². The summed E-state index contributed by atoms with van der Waals surface area (Å²) >= 11 is 5.95. The van der Waals surface area contributed by atoms with E-state index in [1.54, 1.807) is 6.07 Å². The Morgan fingerprint density at radius 3 is 2.65 bits per heavy atom. The highest BCUT2D eigenvalue weighted by Crippen LogP contribution is 2.26. The van der Waals surface area contributed by atoms with E-state index in [1.807, 2.05) is 12.1 Å². The maximum atomic E-state index is 5.95. The predicted molar refractivity (Wildman–Crippen MR) is 76.8 cm³/mol. The lowest BCUT2D eigenvalue weighted by Gasteiger charge is -2.18. The molecule has 0 spiro atoms. The van der Waals surface area contributed by atoms with Crippen LogP contribution in [-0.4, -0.2) is 31.1 Å². The summed E-state index contributed by atoms with van der Waals surface area (Å²) in [6.07, 6.45) is 1.10. The van der Waals surface area contributed by atoms with Gasteiger partial charge in [0.05, 0.1) is 16.4 Å². The third-order valence-electron chi connectivity index (χ3n) is 2.91. The van der Waals surface area contributed by atoms with Crippen molar-refractivity contribution in [3.8, 4) is 0 Å². The monoisotopic (exact) mass is 255 g/mol. The molecule has 96 valence electrons. The lowest BCUT2D eigenvalue weighted by molar-refractivity contribution is 0.303. The van der Waals surface area contributed by atoms with Crippen LogP contribution in [0.2, 0.25) is 5.02 Å². The van der Waals surface area contributed by atoms with Crippen LogP contribution in [0.25, 0.3) is 0 Å². The Balaban J connectivity index is 2.33. The van der Waals surface area contributed by atoms with Crippen LogP contribution in [-0.2, 0) is 0 Å². The number of nitrogens with zero attached hydrogens (tertiary/aromatic N) is 1. The molecule has 3 nitrogen and oxygen atoms in total. The molecule has 0 heterocycles. The number of halogens is 1. The average molecular weight is 256 g/mol. The number of nitrogen functional groups attached to an aromatic ring is 1. The fraction of sp³-hybridized carbons (Fsp3) is 0.538. The second kappa shape index (κ2) is 7.41. The lowest BCUT2D eigenvalue weighted by atomic mass is 10.2. The Morgan fingerprint density at radius 2 is 2.00 bits per heavy atom. The van der Waals surface area contributed by atoms with Crippen LogP contribution in [0.1, 0.15) is 20.3 Å². The molecule has 0 saturated carbocycles. The molecule has 17 heavy (non-hydrogen) atoms. The topological polar surface area (TPSA) is 41.3 Å². The van der Waals surface area contributed by atoms with Crippen molar-refractivity contribution in [3.63, 3.8) is 0 Å². The highest BCUT2D eigenvalue weighted by atomic mass is 35.5. The van der Waals surface area contributed by atoms with E-state index in [-0.39, 0.29) is 0 Å². The first-order valence-electron chi connectivity index (χ1n) is 6.19. The van der Waals surface area contributed by atoms with E-state index in [0.29, 0.717) is 10.7 Å². The van der Waals surface area contributed by atoms with Crippen LogP contribution in [0, 0.1) is 0 Å². The number of hydrogen-bond donors (Lipinski definition) is 2. The van der Waals surface area contributed by atoms with E-state index >= 15 is 0 Å². The van der Waals surface area contributed by atoms with Crippen LogP contribution in [0.15, 0.2) is 18.2 Å². The Bertz CT molecular complexity index is 337. The molecule has 0 aliphatic carbocycles. The number of para-hydroxylation sites is 1. The summed E-state index contributed by atoms with van der Waals surface area (Å²) in [6, 6.07) is 5.67. The van der Waals surface area contributed by atoms with Gasteiger partial charge in [0, 0.05) is 6.54 Å². The maximum absolute atomic E-state index is 5.95. The van der Waals surface area contributed by atoms with Gasteiger partial charge in [-0.1, -0.05) is 31.5 Å². The number of anilines is 2. The van der Waals surface area contributed by atoms with E-state index in [2.05, 4.69) is 24.1 Å². The predicted octanol–water partition coefficient (Wildman–Crippen LogP) is 3.07. The third kappa shape index (κ3) is 4.44. The van der Waals surface area contributed by atoms with Crippen molar-refractivity contribution in [2.45, 2.75) is 20.3 Å². The first kappa shape index (κ1) is 14.1. The average Bonchev–Trinajstić information content (AvgIpc) is 2.34. The zero-order chi connectivity index (χ0) is 12.7. The molecule has 1 aromatic carbocycles. The highest BCUT2D eigenvalue weighted by molar-refractivity contribution is 6.33. The van der Waals surface area contributed by atoms with Gasteiger partial charge in [-0.05, 0) is 38.2 Å². The zero-order valence-electron chi connectivity index (χ0n) is 10.7. The molecule has 0 atom stereocenters. The van der Waals surface area contributed by atoms with Crippen molar-refractivity contribution in [2.24, 2.45) is 0 Å². The normalized spacial score (nSPS) is 10.8. The molecule has 3 N–H and O–H groups in total. The van der Waals surface area contributed by atoms with Crippen LogP contribution < -0.4 is 11.1 Å². The summed E-state index contributed by atoms with van der Waals surface area (Å²) in [7, 11) is 0. The summed E-state index contributed by atoms with van der Waals surface area (Å²) in [5, 5.41) is 3.93. The van der Waals surface area contributed by atoms with Gasteiger partial charge in [0.1, 0.15) is 0 Å². The number of benzene rings is 1. The summed E-state index contributed by atoms with van der Waals surface area (Å²) in [5.41, 5.74) is 7.44. The molecule has 0 aromatic heterocycles. The Hall–Kier alpha value is -0.930. The molecule has 4 heteroatoms. The van der Waals surface area contributed by atoms with Crippen molar-refractivity contribution in [3.05, 3.63) is 23.2 Å². The second-order valence-corrected chi connectivity index (χ2v) is 4.42. The van der Waals surface area contributed by atoms with Crippen LogP contribution in [0.5, 0.6) is 0 Å². The van der Waals surface area contributed by atoms with E-state index in [0.717, 1.165) is 38.3 Å². The lowest BCUT2D eigenvalue weighted by Crippen LogP contribution is -2.25. The summed E-state index contributed by atoms with van der Waals surface area (Å²) < 4.78 is 0. The SMILES string of the molecule is CCN(CC)CCCNc1cccc(Cl)c1N. The molecular formula is C13H22ClN3. The highest BCUT2D eigenvalue weighted by Gasteiger charge is 2.02. The molecule has 0 unspecified atom stereocenters. The molecule has 0 saturated heterocycles. The number of nitrogens with two attached hydrogens (primary N) is 1. The maximum Gasteiger partial charge on any atom is 0.0739 e. The van der Waals surface area contributed by atoms with Crippen LogP contribution >= 0.6 is 11.6 Å². The zero-order valence-corrected chi connectivity index (χ0v) is 11.4.